The Balaban J connectivity index is 1.85. The summed E-state index contributed by atoms with van der Waals surface area (Å²) in [5, 5.41) is 11.5. The van der Waals surface area contributed by atoms with Crippen molar-refractivity contribution in [2.75, 3.05) is 0 Å². The average molecular weight is 331 g/mol. The molecule has 0 bridgehead atoms. The third-order valence-corrected chi connectivity index (χ3v) is 3.81. The molecule has 6 heteroatoms. The first-order valence-electron chi connectivity index (χ1n) is 8.00. The van der Waals surface area contributed by atoms with E-state index in [1.54, 1.807) is 6.08 Å². The molecule has 1 amide bonds. The van der Waals surface area contributed by atoms with Gasteiger partial charge in [-0.25, -0.2) is 4.79 Å². The van der Waals surface area contributed by atoms with Gasteiger partial charge in [0.2, 0.25) is 5.91 Å². The van der Waals surface area contributed by atoms with Crippen LogP contribution in [-0.2, 0) is 19.1 Å². The maximum atomic E-state index is 11.8. The Kier molecular flexibility index (Phi) is 6.54. The molecule has 1 aromatic carbocycles. The number of carbonyl (C=O) groups excluding carboxylic acids is 2. The Hall–Kier alpha value is -2.63. The molecule has 2 rings (SSSR count). The number of benzene rings is 1. The van der Waals surface area contributed by atoms with E-state index in [1.807, 2.05) is 30.3 Å². The molecule has 1 atom stereocenters. The molecule has 6 nitrogen and oxygen atoms in total. The van der Waals surface area contributed by atoms with Crippen molar-refractivity contribution in [1.82, 2.24) is 5.32 Å². The Morgan fingerprint density at radius 1 is 1.21 bits per heavy atom. The maximum Gasteiger partial charge on any atom is 0.326 e. The number of hydrogen-bond donors (Lipinski definition) is 2. The van der Waals surface area contributed by atoms with Crippen LogP contribution >= 0.6 is 0 Å². The quantitative estimate of drug-likeness (QED) is 0.590. The second kappa shape index (κ2) is 8.86. The Morgan fingerprint density at radius 3 is 2.50 bits per heavy atom. The Bertz CT molecular complexity index is 605. The average Bonchev–Trinajstić information content (AvgIpc) is 3.06. The molecule has 0 aliphatic heterocycles. The Labute approximate surface area is 140 Å². The van der Waals surface area contributed by atoms with E-state index in [0.29, 0.717) is 0 Å². The van der Waals surface area contributed by atoms with Crippen LogP contribution in [0.3, 0.4) is 0 Å². The van der Waals surface area contributed by atoms with Crippen LogP contribution in [0.5, 0.6) is 0 Å². The van der Waals surface area contributed by atoms with E-state index in [9.17, 15) is 19.5 Å². The van der Waals surface area contributed by atoms with Gasteiger partial charge in [0.1, 0.15) is 12.1 Å². The van der Waals surface area contributed by atoms with Gasteiger partial charge in [-0.05, 0) is 37.3 Å². The monoisotopic (exact) mass is 331 g/mol. The molecule has 128 valence electrons. The van der Waals surface area contributed by atoms with Crippen LogP contribution in [-0.4, -0.2) is 35.1 Å². The second-order valence-electron chi connectivity index (χ2n) is 5.74. The summed E-state index contributed by atoms with van der Waals surface area (Å²) in [6.45, 7) is 0. The summed E-state index contributed by atoms with van der Waals surface area (Å²) in [5.74, 6) is -2.43. The molecule has 0 radical (unpaired) electrons. The van der Waals surface area contributed by atoms with Gasteiger partial charge >= 0.3 is 11.9 Å². The van der Waals surface area contributed by atoms with Gasteiger partial charge in [-0.2, -0.15) is 0 Å². The number of aliphatic carboxylic acids is 1. The van der Waals surface area contributed by atoms with Crippen molar-refractivity contribution in [1.29, 1.82) is 0 Å². The van der Waals surface area contributed by atoms with Gasteiger partial charge in [0.05, 0.1) is 6.42 Å². The molecule has 0 heterocycles. The molecule has 0 aromatic heterocycles. The number of carbonyl (C=O) groups is 3. The van der Waals surface area contributed by atoms with Crippen LogP contribution in [0.2, 0.25) is 0 Å². The first kappa shape index (κ1) is 17.7. The van der Waals surface area contributed by atoms with Crippen LogP contribution in [0.15, 0.2) is 36.4 Å². The maximum absolute atomic E-state index is 11.8. The minimum Gasteiger partial charge on any atom is -0.480 e. The summed E-state index contributed by atoms with van der Waals surface area (Å²) in [5.41, 5.74) is 0.820. The fraction of sp³-hybridized carbons (Fsp3) is 0.389. The van der Waals surface area contributed by atoms with Crippen molar-refractivity contribution in [3.8, 4) is 0 Å². The van der Waals surface area contributed by atoms with E-state index in [-0.39, 0.29) is 12.5 Å². The van der Waals surface area contributed by atoms with Crippen LogP contribution in [0.1, 0.15) is 37.7 Å². The number of amides is 1. The minimum atomic E-state index is -1.30. The van der Waals surface area contributed by atoms with E-state index in [4.69, 9.17) is 4.74 Å². The zero-order chi connectivity index (χ0) is 17.4. The van der Waals surface area contributed by atoms with Crippen molar-refractivity contribution in [3.05, 3.63) is 42.0 Å². The van der Waals surface area contributed by atoms with E-state index in [0.717, 1.165) is 31.2 Å². The first-order valence-corrected chi connectivity index (χ1v) is 8.00. The predicted molar refractivity (Wildman–Crippen MR) is 88.0 cm³/mol. The molecule has 1 aliphatic carbocycles. The summed E-state index contributed by atoms with van der Waals surface area (Å²) in [4.78, 5) is 34.9. The van der Waals surface area contributed by atoms with Gasteiger partial charge in [-0.15, -0.1) is 0 Å². The van der Waals surface area contributed by atoms with Crippen molar-refractivity contribution >= 4 is 23.9 Å². The number of ether oxygens (including phenoxy) is 1. The molecule has 1 aromatic rings. The number of carboxylic acid groups (broad SMARTS) is 1. The lowest BCUT2D eigenvalue weighted by atomic mass is 10.2. The summed E-state index contributed by atoms with van der Waals surface area (Å²) in [6, 6.07) is 7.85. The molecule has 2 N–H and O–H groups in total. The summed E-state index contributed by atoms with van der Waals surface area (Å²) in [7, 11) is 0. The highest BCUT2D eigenvalue weighted by Crippen LogP contribution is 2.21. The smallest absolute Gasteiger partial charge is 0.326 e. The van der Waals surface area contributed by atoms with Crippen molar-refractivity contribution in [2.45, 2.75) is 44.2 Å². The third kappa shape index (κ3) is 5.87. The number of rotatable bonds is 7. The molecule has 1 aliphatic rings. The van der Waals surface area contributed by atoms with Gasteiger partial charge in [-0.3, -0.25) is 9.59 Å². The SMILES string of the molecule is O=C(C=Cc1ccccc1)N[C@@H](CC(=O)OC1CCCC1)C(=O)O. The summed E-state index contributed by atoms with van der Waals surface area (Å²) >= 11 is 0. The lowest BCUT2D eigenvalue weighted by Gasteiger charge is -2.15. The molecule has 1 fully saturated rings. The highest BCUT2D eigenvalue weighted by molar-refractivity contribution is 5.95. The fourth-order valence-corrected chi connectivity index (χ4v) is 2.56. The van der Waals surface area contributed by atoms with E-state index in [1.165, 1.54) is 6.08 Å². The van der Waals surface area contributed by atoms with Gasteiger partial charge < -0.3 is 15.2 Å². The van der Waals surface area contributed by atoms with Gasteiger partial charge in [-0.1, -0.05) is 30.3 Å². The Morgan fingerprint density at radius 2 is 1.88 bits per heavy atom. The normalized spacial score (nSPS) is 16.0. The zero-order valence-corrected chi connectivity index (χ0v) is 13.3. The first-order chi connectivity index (χ1) is 11.5. The highest BCUT2D eigenvalue weighted by Gasteiger charge is 2.26. The third-order valence-electron chi connectivity index (χ3n) is 3.81. The van der Waals surface area contributed by atoms with Gasteiger partial charge in [0, 0.05) is 6.08 Å². The lowest BCUT2D eigenvalue weighted by molar-refractivity contribution is -0.153. The van der Waals surface area contributed by atoms with Crippen molar-refractivity contribution < 1.29 is 24.2 Å². The zero-order valence-electron chi connectivity index (χ0n) is 13.3. The summed E-state index contributed by atoms with van der Waals surface area (Å²) < 4.78 is 5.23. The van der Waals surface area contributed by atoms with Crippen LogP contribution in [0, 0.1) is 0 Å². The minimum absolute atomic E-state index is 0.124. The largest absolute Gasteiger partial charge is 0.480 e. The molecule has 0 saturated heterocycles. The standard InChI is InChI=1S/C18H21NO5/c20-16(11-10-13-6-2-1-3-7-13)19-15(18(22)23)12-17(21)24-14-8-4-5-9-14/h1-3,6-7,10-11,14-15H,4-5,8-9,12H2,(H,19,20)(H,22,23)/t15-/m0/s1. The van der Waals surface area contributed by atoms with Crippen LogP contribution in [0.25, 0.3) is 6.08 Å². The lowest BCUT2D eigenvalue weighted by Crippen LogP contribution is -2.42. The van der Waals surface area contributed by atoms with Crippen LogP contribution < -0.4 is 5.32 Å². The van der Waals surface area contributed by atoms with Gasteiger partial charge in [0.15, 0.2) is 0 Å². The second-order valence-corrected chi connectivity index (χ2v) is 5.74. The molecule has 0 unspecified atom stereocenters. The van der Waals surface area contributed by atoms with Crippen molar-refractivity contribution in [3.63, 3.8) is 0 Å². The number of esters is 1. The summed E-state index contributed by atoms with van der Waals surface area (Å²) in [6.07, 6.45) is 5.98. The molecular formula is C18H21NO5. The van der Waals surface area contributed by atoms with E-state index >= 15 is 0 Å². The van der Waals surface area contributed by atoms with E-state index in [2.05, 4.69) is 5.32 Å². The molecule has 24 heavy (non-hydrogen) atoms. The predicted octanol–water partition coefficient (Wildman–Crippen LogP) is 2.15. The molecular weight excluding hydrogens is 310 g/mol. The number of nitrogens with one attached hydrogen (secondary N) is 1. The molecule has 1 saturated carbocycles. The van der Waals surface area contributed by atoms with E-state index < -0.39 is 23.9 Å². The number of carboxylic acids is 1. The highest BCUT2D eigenvalue weighted by atomic mass is 16.5. The topological polar surface area (TPSA) is 92.7 Å². The van der Waals surface area contributed by atoms with Crippen molar-refractivity contribution in [2.24, 2.45) is 0 Å². The number of hydrogen-bond acceptors (Lipinski definition) is 4. The molecule has 0 spiro atoms. The van der Waals surface area contributed by atoms with Gasteiger partial charge in [0.25, 0.3) is 0 Å². The van der Waals surface area contributed by atoms with Crippen LogP contribution in [0.4, 0.5) is 0 Å². The fourth-order valence-electron chi connectivity index (χ4n) is 2.56.